The Morgan fingerprint density at radius 2 is 1.45 bits per heavy atom. The third kappa shape index (κ3) is 16.6. The number of halogens is 3. The van der Waals surface area contributed by atoms with E-state index in [0.29, 0.717) is 24.6 Å². The van der Waals surface area contributed by atoms with Crippen LogP contribution in [-0.2, 0) is 20.8 Å². The summed E-state index contributed by atoms with van der Waals surface area (Å²) in [7, 11) is 0. The summed E-state index contributed by atoms with van der Waals surface area (Å²) in [5, 5.41) is 21.0. The number of ether oxygens (including phenoxy) is 4. The summed E-state index contributed by atoms with van der Waals surface area (Å²) in [5.41, 5.74) is 0.00170. The lowest BCUT2D eigenvalue weighted by molar-refractivity contribution is -0.154. The summed E-state index contributed by atoms with van der Waals surface area (Å²) in [6.07, 6.45) is -2.27. The number of carbonyl (C=O) groups is 4. The van der Waals surface area contributed by atoms with Crippen LogP contribution in [0.4, 0.5) is 40.3 Å². The number of benzene rings is 2. The van der Waals surface area contributed by atoms with Gasteiger partial charge in [-0.2, -0.15) is 28.1 Å². The Bertz CT molecular complexity index is 1900. The van der Waals surface area contributed by atoms with Crippen LogP contribution < -0.4 is 30.7 Å². The third-order valence-electron chi connectivity index (χ3n) is 8.37. The Hall–Kier alpha value is -6.08. The average Bonchev–Trinajstić information content (AvgIpc) is 3.58. The molecule has 328 valence electrons. The normalized spacial score (nSPS) is 15.4. The molecule has 1 fully saturated rings. The van der Waals surface area contributed by atoms with E-state index in [1.165, 1.54) is 29.2 Å². The molecule has 3 aromatic rings. The lowest BCUT2D eigenvalue weighted by Crippen LogP contribution is -2.43. The molecule has 1 saturated heterocycles. The topological polar surface area (TPSA) is 215 Å². The molecule has 0 spiro atoms. The van der Waals surface area contributed by atoms with Crippen LogP contribution >= 0.6 is 0 Å². The van der Waals surface area contributed by atoms with E-state index in [9.17, 15) is 37.5 Å². The molecule has 3 amide bonds. The number of hydrogen-bond acceptors (Lipinski definition) is 13. The summed E-state index contributed by atoms with van der Waals surface area (Å²) in [6.45, 7) is 9.90. The molecule has 0 aliphatic carbocycles. The molecule has 1 aliphatic rings. The maximum Gasteiger partial charge on any atom is 0.422 e. The zero-order valence-corrected chi connectivity index (χ0v) is 34.5. The third-order valence-corrected chi connectivity index (χ3v) is 8.37. The van der Waals surface area contributed by atoms with Gasteiger partial charge in [-0.15, -0.1) is 0 Å². The van der Waals surface area contributed by atoms with Crippen molar-refractivity contribution >= 4 is 41.6 Å². The summed E-state index contributed by atoms with van der Waals surface area (Å²) in [6, 6.07) is 11.6. The fraction of sp³-hybridized carbons (Fsp3) is 0.525. The minimum absolute atomic E-state index is 0.0628. The molecule has 2 atom stereocenters. The molecule has 0 bridgehead atoms. The van der Waals surface area contributed by atoms with E-state index in [0.717, 1.165) is 31.2 Å². The zero-order chi connectivity index (χ0) is 44.1. The number of anilines is 3. The lowest BCUT2D eigenvalue weighted by atomic mass is 10.0. The van der Waals surface area contributed by atoms with Crippen LogP contribution in [0.5, 0.6) is 11.8 Å². The van der Waals surface area contributed by atoms with Crippen LogP contribution in [-0.4, -0.2) is 105 Å². The van der Waals surface area contributed by atoms with Crippen molar-refractivity contribution in [2.24, 2.45) is 5.92 Å². The molecular formula is C40H53F3N8O9. The van der Waals surface area contributed by atoms with Gasteiger partial charge in [0.05, 0.1) is 18.6 Å². The monoisotopic (exact) mass is 846 g/mol. The highest BCUT2D eigenvalue weighted by molar-refractivity contribution is 5.95. The molecule has 5 N–H and O–H groups in total. The van der Waals surface area contributed by atoms with Crippen LogP contribution in [0.15, 0.2) is 48.5 Å². The number of likely N-dealkylation sites (tertiary alicyclic amines) is 1. The van der Waals surface area contributed by atoms with Crippen molar-refractivity contribution in [1.29, 1.82) is 0 Å². The Kier molecular flexibility index (Phi) is 16.1. The van der Waals surface area contributed by atoms with Gasteiger partial charge in [0.1, 0.15) is 17.0 Å². The molecule has 1 aromatic heterocycles. The summed E-state index contributed by atoms with van der Waals surface area (Å²) >= 11 is 0. The molecule has 2 aromatic carbocycles. The number of nitrogens with one attached hydrogen (secondary N) is 4. The van der Waals surface area contributed by atoms with Crippen molar-refractivity contribution in [3.05, 3.63) is 59.7 Å². The minimum Gasteiger partial charge on any atom is -0.494 e. The van der Waals surface area contributed by atoms with Crippen molar-refractivity contribution < 1.29 is 56.4 Å². The van der Waals surface area contributed by atoms with Crippen molar-refractivity contribution in [2.45, 2.75) is 97.2 Å². The molecule has 4 rings (SSSR count). The van der Waals surface area contributed by atoms with E-state index < -0.39 is 66.0 Å². The van der Waals surface area contributed by atoms with Gasteiger partial charge in [-0.05, 0) is 96.3 Å². The number of unbranched alkanes of at least 4 members (excludes halogenated alkanes) is 3. The van der Waals surface area contributed by atoms with Gasteiger partial charge in [0.25, 0.3) is 5.91 Å². The largest absolute Gasteiger partial charge is 0.494 e. The Morgan fingerprint density at radius 1 is 0.800 bits per heavy atom. The first kappa shape index (κ1) is 46.6. The summed E-state index contributed by atoms with van der Waals surface area (Å²) in [4.78, 5) is 62.7. The molecule has 60 heavy (non-hydrogen) atoms. The van der Waals surface area contributed by atoms with E-state index in [1.807, 2.05) is 32.9 Å². The van der Waals surface area contributed by atoms with Crippen LogP contribution in [0.3, 0.4) is 0 Å². The number of alkyl halides is 3. The van der Waals surface area contributed by atoms with Gasteiger partial charge < -0.3 is 50.2 Å². The molecule has 1 aliphatic heterocycles. The Morgan fingerprint density at radius 3 is 2.08 bits per heavy atom. The molecule has 20 heteroatoms. The van der Waals surface area contributed by atoms with E-state index in [-0.39, 0.29) is 37.1 Å². The highest BCUT2D eigenvalue weighted by Crippen LogP contribution is 2.24. The van der Waals surface area contributed by atoms with Crippen molar-refractivity contribution in [2.75, 3.05) is 43.5 Å². The fourth-order valence-electron chi connectivity index (χ4n) is 5.62. The highest BCUT2D eigenvalue weighted by Gasteiger charge is 2.42. The van der Waals surface area contributed by atoms with Gasteiger partial charge >= 0.3 is 30.3 Å². The molecule has 0 saturated carbocycles. The number of carboxylic acid groups (broad SMARTS) is 1. The van der Waals surface area contributed by atoms with Crippen molar-refractivity contribution in [3.8, 4) is 11.8 Å². The van der Waals surface area contributed by atoms with E-state index in [2.05, 4.69) is 36.2 Å². The van der Waals surface area contributed by atoms with Gasteiger partial charge in [-0.25, -0.2) is 9.59 Å². The van der Waals surface area contributed by atoms with Gasteiger partial charge in [0.2, 0.25) is 11.9 Å². The second kappa shape index (κ2) is 20.7. The first-order valence-corrected chi connectivity index (χ1v) is 19.4. The van der Waals surface area contributed by atoms with Crippen LogP contribution in [0.2, 0.25) is 0 Å². The summed E-state index contributed by atoms with van der Waals surface area (Å²) < 4.78 is 60.2. The fourth-order valence-corrected chi connectivity index (χ4v) is 5.62. The number of rotatable bonds is 18. The predicted octanol–water partition coefficient (Wildman–Crippen LogP) is 6.68. The first-order valence-electron chi connectivity index (χ1n) is 19.4. The number of amides is 3. The zero-order valence-electron chi connectivity index (χ0n) is 34.5. The maximum absolute atomic E-state index is 13.1. The van der Waals surface area contributed by atoms with E-state index in [1.54, 1.807) is 32.9 Å². The highest BCUT2D eigenvalue weighted by atomic mass is 19.4. The number of carbonyl (C=O) groups excluding carboxylic acids is 3. The second-order valence-corrected chi connectivity index (χ2v) is 16.0. The Labute approximate surface area is 346 Å². The van der Waals surface area contributed by atoms with Gasteiger partial charge in [0.15, 0.2) is 6.61 Å². The number of carboxylic acids is 1. The van der Waals surface area contributed by atoms with Gasteiger partial charge in [0, 0.05) is 37.4 Å². The number of hydrogen-bond donors (Lipinski definition) is 5. The molecule has 2 heterocycles. The van der Waals surface area contributed by atoms with E-state index in [4.69, 9.17) is 18.9 Å². The van der Waals surface area contributed by atoms with Crippen LogP contribution in [0.25, 0.3) is 0 Å². The first-order chi connectivity index (χ1) is 28.1. The van der Waals surface area contributed by atoms with Crippen LogP contribution in [0.1, 0.15) is 83.1 Å². The van der Waals surface area contributed by atoms with Gasteiger partial charge in [-0.3, -0.25) is 9.59 Å². The number of alkyl carbamates (subject to hydrolysis) is 1. The molecular weight excluding hydrogens is 793 g/mol. The number of nitrogens with zero attached hydrogens (tertiary/aromatic N) is 4. The SMILES string of the molecule is CC(C)(C)OC(=O)NCCCCCCOc1ccc(CNc2nc(Nc3ccc(C(=O)NC4CN(C(=O)OC(C)(C)C)CC4C(=O)O)cc3)nc(OCC(F)(F)F)n2)cc1. The molecule has 17 nitrogen and oxygen atoms in total. The molecule has 2 unspecified atom stereocenters. The number of aliphatic carboxylic acids is 1. The van der Waals surface area contributed by atoms with Gasteiger partial charge in [-0.1, -0.05) is 25.0 Å². The van der Waals surface area contributed by atoms with Crippen molar-refractivity contribution in [1.82, 2.24) is 30.5 Å². The number of aromatic nitrogens is 3. The standard InChI is InChI=1S/C40H53F3N8O9/c1-38(2,3)59-36(55)44-19-9-7-8-10-20-57-28-17-11-25(12-18-28)21-45-33-48-34(50-35(49-33)58-24-40(41,42)43)46-27-15-13-26(14-16-27)31(52)47-30-23-51(22-29(30)32(53)54)37(56)60-39(4,5)6/h11-18,29-30H,7-10,19-24H2,1-6H3,(H,44,55)(H,47,52)(H,53,54)(H2,45,46,48,49,50). The Balaban J connectivity index is 1.29. The van der Waals surface area contributed by atoms with Crippen molar-refractivity contribution in [3.63, 3.8) is 0 Å². The second-order valence-electron chi connectivity index (χ2n) is 16.0. The predicted molar refractivity (Wildman–Crippen MR) is 213 cm³/mol. The quantitative estimate of drug-likeness (QED) is 0.0845. The van der Waals surface area contributed by atoms with E-state index >= 15 is 0 Å². The minimum atomic E-state index is -4.65. The molecule has 0 radical (unpaired) electrons. The lowest BCUT2D eigenvalue weighted by Gasteiger charge is -2.24. The smallest absolute Gasteiger partial charge is 0.422 e. The average molecular weight is 847 g/mol. The maximum atomic E-state index is 13.1. The summed E-state index contributed by atoms with van der Waals surface area (Å²) in [5.74, 6) is -2.39. The van der Waals surface area contributed by atoms with Crippen LogP contribution in [0, 0.1) is 5.92 Å².